The molecule has 0 aliphatic carbocycles. The van der Waals surface area contributed by atoms with Crippen molar-refractivity contribution >= 4 is 23.1 Å². The number of halogens is 1. The van der Waals surface area contributed by atoms with E-state index in [1.807, 2.05) is 61.6 Å². The highest BCUT2D eigenvalue weighted by Crippen LogP contribution is 2.26. The van der Waals surface area contributed by atoms with Gasteiger partial charge < -0.3 is 5.32 Å². The second-order valence-corrected chi connectivity index (χ2v) is 7.82. The maximum atomic E-state index is 12.7. The molecule has 0 saturated carbocycles. The van der Waals surface area contributed by atoms with E-state index in [9.17, 15) is 4.79 Å². The normalized spacial score (nSPS) is 11.5. The van der Waals surface area contributed by atoms with E-state index in [1.165, 1.54) is 11.1 Å². The van der Waals surface area contributed by atoms with Gasteiger partial charge in [0.1, 0.15) is 0 Å². The zero-order chi connectivity index (χ0) is 21.5. The Bertz CT molecular complexity index is 1040. The first-order valence-electron chi connectivity index (χ1n) is 10.3. The molecule has 156 valence electrons. The minimum atomic E-state index is -0.162. The fourth-order valence-corrected chi connectivity index (χ4v) is 3.64. The van der Waals surface area contributed by atoms with E-state index in [1.54, 1.807) is 4.68 Å². The van der Waals surface area contributed by atoms with Gasteiger partial charge in [0.15, 0.2) is 5.69 Å². The molecule has 0 spiro atoms. The summed E-state index contributed by atoms with van der Waals surface area (Å²) in [5, 5.41) is 8.13. The predicted molar refractivity (Wildman–Crippen MR) is 125 cm³/mol. The van der Waals surface area contributed by atoms with Crippen molar-refractivity contribution in [3.8, 4) is 11.3 Å². The second kappa shape index (κ2) is 10.3. The van der Waals surface area contributed by atoms with Crippen molar-refractivity contribution in [2.75, 3.05) is 6.54 Å². The van der Waals surface area contributed by atoms with E-state index in [-0.39, 0.29) is 5.91 Å². The van der Waals surface area contributed by atoms with Crippen LogP contribution in [0.15, 0.2) is 60.7 Å². The molecule has 0 radical (unpaired) electrons. The minimum absolute atomic E-state index is 0.162. The Morgan fingerprint density at radius 3 is 2.67 bits per heavy atom. The van der Waals surface area contributed by atoms with Crippen LogP contribution in [-0.4, -0.2) is 22.2 Å². The maximum absolute atomic E-state index is 12.7. The summed E-state index contributed by atoms with van der Waals surface area (Å²) in [5.41, 5.74) is 5.92. The van der Waals surface area contributed by atoms with E-state index in [0.29, 0.717) is 12.2 Å². The average molecular weight is 422 g/mol. The lowest BCUT2D eigenvalue weighted by Crippen LogP contribution is -2.25. The molecule has 0 aliphatic rings. The Labute approximate surface area is 183 Å². The van der Waals surface area contributed by atoms with Crippen LogP contribution >= 0.6 is 11.6 Å². The van der Waals surface area contributed by atoms with Crippen LogP contribution in [0.4, 0.5) is 0 Å². The molecule has 0 bridgehead atoms. The van der Waals surface area contributed by atoms with Crippen molar-refractivity contribution in [2.24, 2.45) is 7.05 Å². The molecule has 1 aromatic heterocycles. The third-order valence-corrected chi connectivity index (χ3v) is 5.32. The van der Waals surface area contributed by atoms with Gasteiger partial charge in [-0.05, 0) is 60.2 Å². The van der Waals surface area contributed by atoms with Crippen molar-refractivity contribution in [2.45, 2.75) is 33.1 Å². The Balaban J connectivity index is 1.68. The monoisotopic (exact) mass is 421 g/mol. The molecule has 2 aromatic carbocycles. The molecule has 1 heterocycles. The largest absolute Gasteiger partial charge is 0.350 e. The number of aryl methyl sites for hydroxylation is 2. The zero-order valence-electron chi connectivity index (χ0n) is 17.8. The molecule has 30 heavy (non-hydrogen) atoms. The van der Waals surface area contributed by atoms with Gasteiger partial charge in [0.05, 0.1) is 5.69 Å². The first-order chi connectivity index (χ1) is 14.5. The third-order valence-electron chi connectivity index (χ3n) is 5.09. The highest BCUT2D eigenvalue weighted by molar-refractivity contribution is 6.30. The molecular weight excluding hydrogens is 394 g/mol. The lowest BCUT2D eigenvalue weighted by Gasteiger charge is -2.12. The lowest BCUT2D eigenvalue weighted by atomic mass is 9.96. The molecule has 4 nitrogen and oxygen atoms in total. The van der Waals surface area contributed by atoms with Gasteiger partial charge in [-0.2, -0.15) is 5.10 Å². The summed E-state index contributed by atoms with van der Waals surface area (Å²) in [4.78, 5) is 12.7. The van der Waals surface area contributed by atoms with Crippen LogP contribution in [0.2, 0.25) is 5.02 Å². The standard InChI is InChI=1S/C25H28ClN3O/c1-4-5-9-19(22-16-21(26)13-12-18(22)2)14-15-27-25(30)23-17-24(29(3)28-23)20-10-7-6-8-11-20/h6-13,16-17H,4-5,14-15H2,1-3H3,(H,27,30). The van der Waals surface area contributed by atoms with Crippen LogP contribution in [0.5, 0.6) is 0 Å². The summed E-state index contributed by atoms with van der Waals surface area (Å²) in [6, 6.07) is 17.7. The summed E-state index contributed by atoms with van der Waals surface area (Å²) in [6.07, 6.45) is 5.06. The van der Waals surface area contributed by atoms with Gasteiger partial charge in [-0.15, -0.1) is 0 Å². The molecule has 1 amide bonds. The average Bonchev–Trinajstić information content (AvgIpc) is 3.14. The van der Waals surface area contributed by atoms with Gasteiger partial charge in [0.2, 0.25) is 0 Å². The molecule has 3 aromatic rings. The topological polar surface area (TPSA) is 46.9 Å². The Morgan fingerprint density at radius 1 is 1.17 bits per heavy atom. The lowest BCUT2D eigenvalue weighted by molar-refractivity contribution is 0.0949. The SMILES string of the molecule is CCCC=C(CCNC(=O)c1cc(-c2ccccc2)n(C)n1)c1cc(Cl)ccc1C. The van der Waals surface area contributed by atoms with E-state index in [4.69, 9.17) is 11.6 Å². The maximum Gasteiger partial charge on any atom is 0.271 e. The fourth-order valence-electron chi connectivity index (χ4n) is 3.46. The first kappa shape index (κ1) is 21.8. The van der Waals surface area contributed by atoms with Crippen molar-refractivity contribution in [1.29, 1.82) is 0 Å². The Hall–Kier alpha value is -2.85. The number of rotatable bonds is 8. The van der Waals surface area contributed by atoms with Crippen molar-refractivity contribution < 1.29 is 4.79 Å². The number of hydrogen-bond acceptors (Lipinski definition) is 2. The van der Waals surface area contributed by atoms with Gasteiger partial charge in [-0.25, -0.2) is 0 Å². The number of benzene rings is 2. The van der Waals surface area contributed by atoms with E-state index in [0.717, 1.165) is 41.1 Å². The summed E-state index contributed by atoms with van der Waals surface area (Å²) < 4.78 is 1.74. The van der Waals surface area contributed by atoms with E-state index in [2.05, 4.69) is 30.3 Å². The van der Waals surface area contributed by atoms with Crippen LogP contribution in [0.1, 0.15) is 47.8 Å². The highest BCUT2D eigenvalue weighted by Gasteiger charge is 2.14. The van der Waals surface area contributed by atoms with Crippen molar-refractivity contribution in [3.63, 3.8) is 0 Å². The third kappa shape index (κ3) is 5.39. The number of amides is 1. The van der Waals surface area contributed by atoms with Crippen molar-refractivity contribution in [1.82, 2.24) is 15.1 Å². The summed E-state index contributed by atoms with van der Waals surface area (Å²) in [7, 11) is 1.85. The van der Waals surface area contributed by atoms with Gasteiger partial charge in [-0.1, -0.05) is 67.4 Å². The molecule has 0 aliphatic heterocycles. The number of allylic oxidation sites excluding steroid dienone is 1. The highest BCUT2D eigenvalue weighted by atomic mass is 35.5. The number of carbonyl (C=O) groups excluding carboxylic acids is 1. The van der Waals surface area contributed by atoms with Gasteiger partial charge >= 0.3 is 0 Å². The molecular formula is C25H28ClN3O. The molecule has 3 rings (SSSR count). The van der Waals surface area contributed by atoms with Gasteiger partial charge in [0, 0.05) is 18.6 Å². The van der Waals surface area contributed by atoms with E-state index < -0.39 is 0 Å². The molecule has 1 N–H and O–H groups in total. The van der Waals surface area contributed by atoms with Crippen LogP contribution in [0, 0.1) is 6.92 Å². The number of nitrogens with zero attached hydrogens (tertiary/aromatic N) is 2. The number of carbonyl (C=O) groups is 1. The predicted octanol–water partition coefficient (Wildman–Crippen LogP) is 6.05. The molecule has 0 fully saturated rings. The summed E-state index contributed by atoms with van der Waals surface area (Å²) in [5.74, 6) is -0.162. The number of aromatic nitrogens is 2. The summed E-state index contributed by atoms with van der Waals surface area (Å²) >= 11 is 6.22. The zero-order valence-corrected chi connectivity index (χ0v) is 18.5. The van der Waals surface area contributed by atoms with Gasteiger partial charge in [-0.3, -0.25) is 9.48 Å². The number of unbranched alkanes of at least 4 members (excludes halogenated alkanes) is 1. The number of hydrogen-bond donors (Lipinski definition) is 1. The molecule has 0 unspecified atom stereocenters. The molecule has 0 saturated heterocycles. The minimum Gasteiger partial charge on any atom is -0.350 e. The quantitative estimate of drug-likeness (QED) is 0.481. The smallest absolute Gasteiger partial charge is 0.271 e. The van der Waals surface area contributed by atoms with Crippen molar-refractivity contribution in [3.05, 3.63) is 82.5 Å². The van der Waals surface area contributed by atoms with Gasteiger partial charge in [0.25, 0.3) is 5.91 Å². The van der Waals surface area contributed by atoms with Crippen LogP contribution in [0.3, 0.4) is 0 Å². The molecule has 5 heteroatoms. The fraction of sp³-hybridized carbons (Fsp3) is 0.280. The van der Waals surface area contributed by atoms with Crippen LogP contribution < -0.4 is 5.32 Å². The number of nitrogens with one attached hydrogen (secondary N) is 1. The van der Waals surface area contributed by atoms with E-state index >= 15 is 0 Å². The second-order valence-electron chi connectivity index (χ2n) is 7.39. The Morgan fingerprint density at radius 2 is 1.93 bits per heavy atom. The Kier molecular flexibility index (Phi) is 7.47. The van der Waals surface area contributed by atoms with Crippen LogP contribution in [0.25, 0.3) is 16.8 Å². The summed E-state index contributed by atoms with van der Waals surface area (Å²) in [6.45, 7) is 4.78. The molecule has 0 atom stereocenters. The van der Waals surface area contributed by atoms with Crippen LogP contribution in [-0.2, 0) is 7.05 Å². The first-order valence-corrected chi connectivity index (χ1v) is 10.7.